The normalized spacial score (nSPS) is 18.0. The molecule has 2 aromatic heterocycles. The summed E-state index contributed by atoms with van der Waals surface area (Å²) in [5.74, 6) is 0.770. The molecule has 0 radical (unpaired) electrons. The molecule has 0 saturated carbocycles. The van der Waals surface area contributed by atoms with Crippen molar-refractivity contribution in [1.29, 1.82) is 0 Å². The molecule has 2 aromatic rings. The number of hydrogen-bond donors (Lipinski definition) is 1. The topological polar surface area (TPSA) is 32.3 Å². The van der Waals surface area contributed by atoms with Gasteiger partial charge in [-0.2, -0.15) is 0 Å². The third-order valence-electron chi connectivity index (χ3n) is 4.38. The van der Waals surface area contributed by atoms with E-state index in [-0.39, 0.29) is 11.9 Å². The highest BCUT2D eigenvalue weighted by Gasteiger charge is 2.26. The average Bonchev–Trinajstić information content (AvgIpc) is 3.21. The molecule has 6 heteroatoms. The number of nitrogens with zero attached hydrogens (tertiary/aromatic N) is 1. The van der Waals surface area contributed by atoms with Gasteiger partial charge in [-0.3, -0.25) is 9.69 Å². The highest BCUT2D eigenvalue weighted by atomic mass is 35.5. The number of hydrogen-bond acceptors (Lipinski definition) is 4. The molecule has 0 aliphatic carbocycles. The minimum absolute atomic E-state index is 0.0335. The molecular formula is C17H21ClN2OS2. The van der Waals surface area contributed by atoms with Crippen molar-refractivity contribution in [1.82, 2.24) is 10.2 Å². The van der Waals surface area contributed by atoms with Crippen LogP contribution < -0.4 is 5.32 Å². The number of likely N-dealkylation sites (tertiary alicyclic amines) is 1. The SMILES string of the molecule is CC1CCN(C(CNC(=O)c2ccc(Cl)s2)c2cccs2)CC1. The minimum Gasteiger partial charge on any atom is -0.349 e. The molecule has 0 spiro atoms. The molecule has 23 heavy (non-hydrogen) atoms. The first-order valence-corrected chi connectivity index (χ1v) is 10.0. The Labute approximate surface area is 150 Å². The fourth-order valence-electron chi connectivity index (χ4n) is 2.94. The van der Waals surface area contributed by atoms with E-state index in [1.165, 1.54) is 29.1 Å². The second kappa shape index (κ2) is 7.79. The van der Waals surface area contributed by atoms with Gasteiger partial charge in [0, 0.05) is 11.4 Å². The van der Waals surface area contributed by atoms with Crippen LogP contribution in [0.15, 0.2) is 29.6 Å². The van der Waals surface area contributed by atoms with Crippen molar-refractivity contribution in [3.63, 3.8) is 0 Å². The van der Waals surface area contributed by atoms with Gasteiger partial charge in [0.15, 0.2) is 0 Å². The molecule has 0 bridgehead atoms. The number of rotatable bonds is 5. The molecular weight excluding hydrogens is 348 g/mol. The Morgan fingerprint density at radius 2 is 2.17 bits per heavy atom. The number of nitrogens with one attached hydrogen (secondary N) is 1. The van der Waals surface area contributed by atoms with E-state index in [2.05, 4.69) is 34.7 Å². The van der Waals surface area contributed by atoms with Crippen LogP contribution in [-0.4, -0.2) is 30.4 Å². The predicted molar refractivity (Wildman–Crippen MR) is 98.7 cm³/mol. The Bertz CT molecular complexity index is 633. The lowest BCUT2D eigenvalue weighted by Gasteiger charge is -2.36. The van der Waals surface area contributed by atoms with E-state index in [1.807, 2.05) is 0 Å². The maximum absolute atomic E-state index is 12.3. The average molecular weight is 369 g/mol. The molecule has 1 aliphatic rings. The summed E-state index contributed by atoms with van der Waals surface area (Å²) < 4.78 is 0.648. The van der Waals surface area contributed by atoms with Crippen LogP contribution in [0.1, 0.15) is 40.4 Å². The van der Waals surface area contributed by atoms with E-state index in [9.17, 15) is 4.79 Å². The van der Waals surface area contributed by atoms with Gasteiger partial charge in [-0.1, -0.05) is 24.6 Å². The predicted octanol–water partition coefficient (Wildman–Crippen LogP) is 4.67. The molecule has 3 rings (SSSR count). The number of halogens is 1. The largest absolute Gasteiger partial charge is 0.349 e. The first kappa shape index (κ1) is 17.0. The summed E-state index contributed by atoms with van der Waals surface area (Å²) in [6.45, 7) is 5.16. The molecule has 1 atom stereocenters. The van der Waals surface area contributed by atoms with Crippen LogP contribution in [0.25, 0.3) is 0 Å². The fraction of sp³-hybridized carbons (Fsp3) is 0.471. The van der Waals surface area contributed by atoms with Gasteiger partial charge >= 0.3 is 0 Å². The lowest BCUT2D eigenvalue weighted by molar-refractivity contribution is 0.0919. The Hall–Kier alpha value is -0.880. The molecule has 0 aromatic carbocycles. The zero-order valence-electron chi connectivity index (χ0n) is 13.1. The molecule has 124 valence electrons. The van der Waals surface area contributed by atoms with Crippen LogP contribution in [-0.2, 0) is 0 Å². The van der Waals surface area contributed by atoms with E-state index in [4.69, 9.17) is 11.6 Å². The van der Waals surface area contributed by atoms with E-state index in [0.717, 1.165) is 19.0 Å². The van der Waals surface area contributed by atoms with Gasteiger partial charge in [-0.05, 0) is 55.4 Å². The summed E-state index contributed by atoms with van der Waals surface area (Å²) in [6, 6.07) is 8.07. The van der Waals surface area contributed by atoms with Gasteiger partial charge in [-0.15, -0.1) is 22.7 Å². The van der Waals surface area contributed by atoms with Crippen LogP contribution in [0.4, 0.5) is 0 Å². The first-order valence-electron chi connectivity index (χ1n) is 7.94. The number of amides is 1. The Morgan fingerprint density at radius 1 is 1.39 bits per heavy atom. The maximum atomic E-state index is 12.3. The third-order valence-corrected chi connectivity index (χ3v) is 6.59. The highest BCUT2D eigenvalue weighted by Crippen LogP contribution is 2.29. The van der Waals surface area contributed by atoms with Crippen molar-refractivity contribution in [2.75, 3.05) is 19.6 Å². The Morgan fingerprint density at radius 3 is 2.78 bits per heavy atom. The van der Waals surface area contributed by atoms with Crippen molar-refractivity contribution >= 4 is 40.2 Å². The van der Waals surface area contributed by atoms with Crippen molar-refractivity contribution in [3.8, 4) is 0 Å². The highest BCUT2D eigenvalue weighted by molar-refractivity contribution is 7.18. The minimum atomic E-state index is -0.0335. The lowest BCUT2D eigenvalue weighted by Crippen LogP contribution is -2.41. The fourth-order valence-corrected chi connectivity index (χ4v) is 4.76. The summed E-state index contributed by atoms with van der Waals surface area (Å²) in [5.41, 5.74) is 0. The van der Waals surface area contributed by atoms with Crippen LogP contribution in [0.3, 0.4) is 0 Å². The van der Waals surface area contributed by atoms with Gasteiger partial charge < -0.3 is 5.32 Å². The molecule has 1 amide bonds. The summed E-state index contributed by atoms with van der Waals surface area (Å²) in [6.07, 6.45) is 2.46. The monoisotopic (exact) mass is 368 g/mol. The number of thiophene rings is 2. The maximum Gasteiger partial charge on any atom is 0.261 e. The summed E-state index contributed by atoms with van der Waals surface area (Å²) in [4.78, 5) is 16.8. The molecule has 1 N–H and O–H groups in total. The molecule has 1 fully saturated rings. The van der Waals surface area contributed by atoms with E-state index < -0.39 is 0 Å². The van der Waals surface area contributed by atoms with Crippen LogP contribution in [0.5, 0.6) is 0 Å². The first-order chi connectivity index (χ1) is 11.1. The van der Waals surface area contributed by atoms with Crippen molar-refractivity contribution in [3.05, 3.63) is 43.7 Å². The number of carbonyl (C=O) groups excluding carboxylic acids is 1. The van der Waals surface area contributed by atoms with E-state index in [0.29, 0.717) is 15.8 Å². The molecule has 1 saturated heterocycles. The van der Waals surface area contributed by atoms with Gasteiger partial charge in [0.1, 0.15) is 0 Å². The summed E-state index contributed by atoms with van der Waals surface area (Å²) in [7, 11) is 0. The molecule has 3 heterocycles. The van der Waals surface area contributed by atoms with E-state index >= 15 is 0 Å². The van der Waals surface area contributed by atoms with Gasteiger partial charge in [-0.25, -0.2) is 0 Å². The van der Waals surface area contributed by atoms with Crippen molar-refractivity contribution < 1.29 is 4.79 Å². The quantitative estimate of drug-likeness (QED) is 0.831. The van der Waals surface area contributed by atoms with Crippen molar-refractivity contribution in [2.24, 2.45) is 5.92 Å². The second-order valence-corrected chi connectivity index (χ2v) is 8.76. The zero-order chi connectivity index (χ0) is 16.2. The summed E-state index contributed by atoms with van der Waals surface area (Å²) in [5, 5.41) is 5.19. The van der Waals surface area contributed by atoms with Crippen LogP contribution >= 0.6 is 34.3 Å². The summed E-state index contributed by atoms with van der Waals surface area (Å²) >= 11 is 9.00. The van der Waals surface area contributed by atoms with Gasteiger partial charge in [0.25, 0.3) is 5.91 Å². The lowest BCUT2D eigenvalue weighted by atomic mass is 9.97. The zero-order valence-corrected chi connectivity index (χ0v) is 15.5. The van der Waals surface area contributed by atoms with Crippen LogP contribution in [0.2, 0.25) is 4.34 Å². The van der Waals surface area contributed by atoms with Gasteiger partial charge in [0.2, 0.25) is 0 Å². The Balaban J connectivity index is 1.66. The van der Waals surface area contributed by atoms with Gasteiger partial charge in [0.05, 0.1) is 15.3 Å². The Kier molecular flexibility index (Phi) is 5.75. The smallest absolute Gasteiger partial charge is 0.261 e. The van der Waals surface area contributed by atoms with Crippen LogP contribution in [0, 0.1) is 5.92 Å². The second-order valence-electron chi connectivity index (χ2n) is 6.06. The number of carbonyl (C=O) groups is 1. The van der Waals surface area contributed by atoms with E-state index in [1.54, 1.807) is 23.5 Å². The standard InChI is InChI=1S/C17H21ClN2OS2/c1-12-6-8-20(9-7-12)13(14-3-2-10-22-14)11-19-17(21)15-4-5-16(18)23-15/h2-5,10,12-13H,6-9,11H2,1H3,(H,19,21). The van der Waals surface area contributed by atoms with Crippen molar-refractivity contribution in [2.45, 2.75) is 25.8 Å². The molecule has 1 unspecified atom stereocenters. The number of piperidine rings is 1. The molecule has 1 aliphatic heterocycles. The third kappa shape index (κ3) is 4.35. The molecule has 3 nitrogen and oxygen atoms in total.